The van der Waals surface area contributed by atoms with E-state index in [9.17, 15) is 14.0 Å². The van der Waals surface area contributed by atoms with E-state index in [2.05, 4.69) is 27.4 Å². The Hall–Kier alpha value is -3.37. The van der Waals surface area contributed by atoms with Crippen molar-refractivity contribution in [1.29, 1.82) is 0 Å². The summed E-state index contributed by atoms with van der Waals surface area (Å²) in [6.07, 6.45) is 1.59. The molecule has 0 spiro atoms. The topological polar surface area (TPSA) is 98.1 Å². The third kappa shape index (κ3) is 6.80. The predicted molar refractivity (Wildman–Crippen MR) is 126 cm³/mol. The number of carbonyl (C=O) groups excluding carboxylic acids is 2. The van der Waals surface area contributed by atoms with Crippen LogP contribution in [0, 0.1) is 5.82 Å². The lowest BCUT2D eigenvalue weighted by Crippen LogP contribution is -2.18. The van der Waals surface area contributed by atoms with Crippen LogP contribution < -0.4 is 15.4 Å². The van der Waals surface area contributed by atoms with Crippen molar-refractivity contribution in [2.24, 2.45) is 0 Å². The van der Waals surface area contributed by atoms with Crippen molar-refractivity contribution in [3.8, 4) is 5.75 Å². The van der Waals surface area contributed by atoms with Crippen LogP contribution in [-0.4, -0.2) is 39.4 Å². The molecule has 0 atom stereocenters. The lowest BCUT2D eigenvalue weighted by atomic mass is 10.3. The number of rotatable bonds is 10. The molecule has 0 unspecified atom stereocenters. The maximum Gasteiger partial charge on any atom is 0.234 e. The van der Waals surface area contributed by atoms with Gasteiger partial charge in [-0.2, -0.15) is 0 Å². The Morgan fingerprint density at radius 1 is 1.18 bits per heavy atom. The van der Waals surface area contributed by atoms with Gasteiger partial charge in [-0.3, -0.25) is 9.59 Å². The highest BCUT2D eigenvalue weighted by molar-refractivity contribution is 7.99. The van der Waals surface area contributed by atoms with Gasteiger partial charge in [-0.1, -0.05) is 29.4 Å². The molecule has 0 bridgehead atoms. The van der Waals surface area contributed by atoms with E-state index in [0.717, 1.165) is 0 Å². The van der Waals surface area contributed by atoms with E-state index in [1.54, 1.807) is 28.8 Å². The molecule has 1 heterocycles. The summed E-state index contributed by atoms with van der Waals surface area (Å²) in [6, 6.07) is 10.4. The van der Waals surface area contributed by atoms with E-state index in [4.69, 9.17) is 16.3 Å². The maximum atomic E-state index is 13.0. The number of amides is 2. The van der Waals surface area contributed by atoms with Crippen molar-refractivity contribution >= 4 is 46.6 Å². The SMILES string of the molecule is C=CCn1c(CC(=O)Nc2ccc(F)cc2)nnc1SCC(=O)Nc1cc(Cl)ccc1OC. The number of hydrogen-bond donors (Lipinski definition) is 2. The zero-order valence-corrected chi connectivity index (χ0v) is 19.3. The molecule has 1 aromatic heterocycles. The number of methoxy groups -OCH3 is 1. The molecular formula is C22H21ClFN5O3S. The fraction of sp³-hybridized carbons (Fsp3) is 0.182. The van der Waals surface area contributed by atoms with Gasteiger partial charge >= 0.3 is 0 Å². The first-order chi connectivity index (χ1) is 15.9. The second kappa shape index (κ2) is 11.5. The number of aromatic nitrogens is 3. The van der Waals surface area contributed by atoms with Crippen LogP contribution in [0.5, 0.6) is 5.75 Å². The fourth-order valence-electron chi connectivity index (χ4n) is 2.85. The summed E-state index contributed by atoms with van der Waals surface area (Å²) in [4.78, 5) is 24.8. The monoisotopic (exact) mass is 489 g/mol. The molecule has 3 aromatic rings. The molecule has 0 aliphatic carbocycles. The number of nitrogens with one attached hydrogen (secondary N) is 2. The van der Waals surface area contributed by atoms with Gasteiger partial charge in [-0.05, 0) is 42.5 Å². The molecule has 3 rings (SSSR count). The Labute approximate surface area is 199 Å². The van der Waals surface area contributed by atoms with Crippen molar-refractivity contribution in [3.63, 3.8) is 0 Å². The van der Waals surface area contributed by atoms with Crippen LogP contribution in [0.25, 0.3) is 0 Å². The molecular weight excluding hydrogens is 469 g/mol. The predicted octanol–water partition coefficient (Wildman–Crippen LogP) is 4.18. The van der Waals surface area contributed by atoms with Crippen LogP contribution >= 0.6 is 23.4 Å². The summed E-state index contributed by atoms with van der Waals surface area (Å²) in [5.41, 5.74) is 0.931. The van der Waals surface area contributed by atoms with Crippen LogP contribution in [0.4, 0.5) is 15.8 Å². The Kier molecular flexibility index (Phi) is 8.45. The molecule has 0 fully saturated rings. The highest BCUT2D eigenvalue weighted by atomic mass is 35.5. The zero-order chi connectivity index (χ0) is 23.8. The van der Waals surface area contributed by atoms with E-state index in [0.29, 0.717) is 39.7 Å². The normalized spacial score (nSPS) is 10.5. The standard InChI is InChI=1S/C22H21ClFN5O3S/c1-3-10-29-19(12-20(30)25-16-7-5-15(24)6-8-16)27-28-22(29)33-13-21(31)26-17-11-14(23)4-9-18(17)32-2/h3-9,11H,1,10,12-13H2,2H3,(H,25,30)(H,26,31). The Morgan fingerprint density at radius 3 is 2.64 bits per heavy atom. The van der Waals surface area contributed by atoms with Crippen LogP contribution in [0.15, 0.2) is 60.3 Å². The molecule has 0 saturated carbocycles. The summed E-state index contributed by atoms with van der Waals surface area (Å²) < 4.78 is 20.0. The number of anilines is 2. The third-order valence-electron chi connectivity index (χ3n) is 4.32. The van der Waals surface area contributed by atoms with Crippen molar-refractivity contribution in [1.82, 2.24) is 14.8 Å². The minimum atomic E-state index is -0.391. The first-order valence-electron chi connectivity index (χ1n) is 9.74. The number of benzene rings is 2. The van der Waals surface area contributed by atoms with Gasteiger partial charge < -0.3 is 19.9 Å². The zero-order valence-electron chi connectivity index (χ0n) is 17.7. The van der Waals surface area contributed by atoms with Gasteiger partial charge in [0.1, 0.15) is 17.4 Å². The summed E-state index contributed by atoms with van der Waals surface area (Å²) in [5, 5.41) is 14.6. The Bertz CT molecular complexity index is 1150. The number of hydrogen-bond acceptors (Lipinski definition) is 6. The minimum Gasteiger partial charge on any atom is -0.495 e. The molecule has 33 heavy (non-hydrogen) atoms. The van der Waals surface area contributed by atoms with Crippen molar-refractivity contribution in [2.75, 3.05) is 23.5 Å². The average Bonchev–Trinajstić information content (AvgIpc) is 3.15. The smallest absolute Gasteiger partial charge is 0.234 e. The second-order valence-corrected chi connectivity index (χ2v) is 8.09. The maximum absolute atomic E-state index is 13.0. The molecule has 2 N–H and O–H groups in total. The van der Waals surface area contributed by atoms with Gasteiger partial charge in [0.15, 0.2) is 5.16 Å². The number of ether oxygens (including phenoxy) is 1. The second-order valence-electron chi connectivity index (χ2n) is 6.71. The first-order valence-corrected chi connectivity index (χ1v) is 11.1. The van der Waals surface area contributed by atoms with Gasteiger partial charge in [0.2, 0.25) is 11.8 Å². The largest absolute Gasteiger partial charge is 0.495 e. The summed E-state index contributed by atoms with van der Waals surface area (Å²) in [7, 11) is 1.50. The number of thioether (sulfide) groups is 1. The highest BCUT2D eigenvalue weighted by Crippen LogP contribution is 2.28. The third-order valence-corrected chi connectivity index (χ3v) is 5.52. The molecule has 2 amide bonds. The molecule has 0 aliphatic heterocycles. The summed E-state index contributed by atoms with van der Waals surface area (Å²) in [6.45, 7) is 4.08. The Morgan fingerprint density at radius 2 is 1.94 bits per heavy atom. The van der Waals surface area contributed by atoms with E-state index in [-0.39, 0.29) is 24.0 Å². The molecule has 0 radical (unpaired) electrons. The number of allylic oxidation sites excluding steroid dienone is 1. The summed E-state index contributed by atoms with van der Waals surface area (Å²) >= 11 is 7.16. The van der Waals surface area contributed by atoms with Gasteiger partial charge in [-0.15, -0.1) is 16.8 Å². The summed E-state index contributed by atoms with van der Waals surface area (Å²) in [5.74, 6) is -0.0626. The van der Waals surface area contributed by atoms with E-state index in [1.165, 1.54) is 43.1 Å². The molecule has 11 heteroatoms. The lowest BCUT2D eigenvalue weighted by Gasteiger charge is -2.11. The van der Waals surface area contributed by atoms with Crippen molar-refractivity contribution in [3.05, 3.63) is 71.8 Å². The lowest BCUT2D eigenvalue weighted by molar-refractivity contribution is -0.116. The van der Waals surface area contributed by atoms with Gasteiger partial charge in [0.25, 0.3) is 0 Å². The first kappa shape index (κ1) is 24.3. The minimum absolute atomic E-state index is 0.0483. The van der Waals surface area contributed by atoms with Gasteiger partial charge in [0.05, 0.1) is 25.0 Å². The van der Waals surface area contributed by atoms with Crippen molar-refractivity contribution in [2.45, 2.75) is 18.1 Å². The van der Waals surface area contributed by atoms with E-state index < -0.39 is 5.82 Å². The quantitative estimate of drug-likeness (QED) is 0.327. The van der Waals surface area contributed by atoms with E-state index >= 15 is 0 Å². The van der Waals surface area contributed by atoms with Crippen LogP contribution in [0.2, 0.25) is 5.02 Å². The number of carbonyl (C=O) groups is 2. The van der Waals surface area contributed by atoms with E-state index in [1.807, 2.05) is 0 Å². The molecule has 172 valence electrons. The number of halogens is 2. The van der Waals surface area contributed by atoms with Crippen LogP contribution in [-0.2, 0) is 22.6 Å². The Balaban J connectivity index is 1.63. The highest BCUT2D eigenvalue weighted by Gasteiger charge is 2.17. The van der Waals surface area contributed by atoms with Gasteiger partial charge in [0, 0.05) is 17.3 Å². The average molecular weight is 490 g/mol. The fourth-order valence-corrected chi connectivity index (χ4v) is 3.78. The number of nitrogens with zero attached hydrogens (tertiary/aromatic N) is 3. The van der Waals surface area contributed by atoms with Crippen LogP contribution in [0.1, 0.15) is 5.82 Å². The molecule has 8 nitrogen and oxygen atoms in total. The van der Waals surface area contributed by atoms with Crippen molar-refractivity contribution < 1.29 is 18.7 Å². The molecule has 0 aliphatic rings. The molecule has 2 aromatic carbocycles. The van der Waals surface area contributed by atoms with Gasteiger partial charge in [-0.25, -0.2) is 4.39 Å². The van der Waals surface area contributed by atoms with Crippen LogP contribution in [0.3, 0.4) is 0 Å². The molecule has 0 saturated heterocycles.